The minimum Gasteiger partial charge on any atom is -0.313 e. The van der Waals surface area contributed by atoms with E-state index in [4.69, 9.17) is 0 Å². The lowest BCUT2D eigenvalue weighted by atomic mass is 10.3. The van der Waals surface area contributed by atoms with Gasteiger partial charge in [0.15, 0.2) is 0 Å². The van der Waals surface area contributed by atoms with Gasteiger partial charge in [0, 0.05) is 24.5 Å². The van der Waals surface area contributed by atoms with Gasteiger partial charge in [0.05, 0.1) is 11.3 Å². The second-order valence-electron chi connectivity index (χ2n) is 5.25. The highest BCUT2D eigenvalue weighted by Crippen LogP contribution is 2.27. The van der Waals surface area contributed by atoms with Crippen LogP contribution >= 0.6 is 11.3 Å². The Kier molecular flexibility index (Phi) is 4.66. The van der Waals surface area contributed by atoms with E-state index in [1.807, 2.05) is 24.4 Å². The molecule has 0 aromatic carbocycles. The third-order valence-electron chi connectivity index (χ3n) is 3.68. The summed E-state index contributed by atoms with van der Waals surface area (Å²) in [6.45, 7) is 4.25. The lowest BCUT2D eigenvalue weighted by Crippen LogP contribution is -2.41. The molecule has 0 bridgehead atoms. The van der Waals surface area contributed by atoms with Gasteiger partial charge in [-0.05, 0) is 38.1 Å². The van der Waals surface area contributed by atoms with Crippen molar-refractivity contribution in [3.05, 3.63) is 22.4 Å². The number of hydrogen-bond acceptors (Lipinski definition) is 4. The molecule has 108 valence electrons. The largest absolute Gasteiger partial charge is 0.313 e. The second kappa shape index (κ2) is 5.91. The molecular formula is C13H22N2O2S2. The summed E-state index contributed by atoms with van der Waals surface area (Å²) in [6.07, 6.45) is 2.35. The van der Waals surface area contributed by atoms with Crippen LogP contribution in [0, 0.1) is 0 Å². The van der Waals surface area contributed by atoms with E-state index in [-0.39, 0.29) is 11.3 Å². The van der Waals surface area contributed by atoms with Gasteiger partial charge >= 0.3 is 0 Å². The fourth-order valence-electron chi connectivity index (χ4n) is 1.94. The fraction of sp³-hybridized carbons (Fsp3) is 0.692. The SMILES string of the molecule is CC(c1cccs1)N(C)S(=O)(=O)C(C)CNC1CC1. The summed E-state index contributed by atoms with van der Waals surface area (Å²) in [6, 6.07) is 4.37. The number of sulfonamides is 1. The van der Waals surface area contributed by atoms with E-state index in [9.17, 15) is 8.42 Å². The monoisotopic (exact) mass is 302 g/mol. The van der Waals surface area contributed by atoms with E-state index in [0.29, 0.717) is 12.6 Å². The molecule has 0 aliphatic heterocycles. The van der Waals surface area contributed by atoms with Crippen molar-refractivity contribution in [3.63, 3.8) is 0 Å². The molecule has 19 heavy (non-hydrogen) atoms. The van der Waals surface area contributed by atoms with E-state index >= 15 is 0 Å². The van der Waals surface area contributed by atoms with Gasteiger partial charge in [-0.3, -0.25) is 0 Å². The zero-order valence-electron chi connectivity index (χ0n) is 11.7. The predicted octanol–water partition coefficient (Wildman–Crippen LogP) is 2.21. The molecule has 0 spiro atoms. The van der Waals surface area contributed by atoms with Crippen LogP contribution in [0.25, 0.3) is 0 Å². The van der Waals surface area contributed by atoms with Crippen LogP contribution in [-0.4, -0.2) is 37.6 Å². The van der Waals surface area contributed by atoms with Gasteiger partial charge in [-0.1, -0.05) is 6.07 Å². The number of nitrogens with one attached hydrogen (secondary N) is 1. The number of rotatable bonds is 7. The van der Waals surface area contributed by atoms with Gasteiger partial charge in [0.1, 0.15) is 0 Å². The first-order valence-corrected chi connectivity index (χ1v) is 9.05. The Labute approximate surface area is 119 Å². The summed E-state index contributed by atoms with van der Waals surface area (Å²) in [5.41, 5.74) is 0. The maximum Gasteiger partial charge on any atom is 0.218 e. The molecule has 1 heterocycles. The Bertz CT molecular complexity index is 495. The third kappa shape index (κ3) is 3.56. The Balaban J connectivity index is 2.00. The first-order valence-electron chi connectivity index (χ1n) is 6.66. The first-order chi connectivity index (χ1) is 8.93. The molecular weight excluding hydrogens is 280 g/mol. The zero-order valence-corrected chi connectivity index (χ0v) is 13.3. The van der Waals surface area contributed by atoms with Crippen molar-refractivity contribution >= 4 is 21.4 Å². The van der Waals surface area contributed by atoms with Crippen LogP contribution in [0.3, 0.4) is 0 Å². The molecule has 1 aromatic heterocycles. The first kappa shape index (κ1) is 15.0. The number of nitrogens with zero attached hydrogens (tertiary/aromatic N) is 1. The lowest BCUT2D eigenvalue weighted by molar-refractivity contribution is 0.395. The molecule has 0 radical (unpaired) electrons. The third-order valence-corrected chi connectivity index (χ3v) is 7.03. The van der Waals surface area contributed by atoms with Gasteiger partial charge in [-0.2, -0.15) is 4.31 Å². The van der Waals surface area contributed by atoms with Crippen LogP contribution in [-0.2, 0) is 10.0 Å². The van der Waals surface area contributed by atoms with Crippen molar-refractivity contribution in [2.45, 2.75) is 44.0 Å². The topological polar surface area (TPSA) is 49.4 Å². The molecule has 1 aliphatic carbocycles. The van der Waals surface area contributed by atoms with E-state index in [1.165, 1.54) is 17.1 Å². The quantitative estimate of drug-likeness (QED) is 0.840. The van der Waals surface area contributed by atoms with Gasteiger partial charge in [-0.25, -0.2) is 8.42 Å². The van der Waals surface area contributed by atoms with Gasteiger partial charge < -0.3 is 5.32 Å². The predicted molar refractivity (Wildman–Crippen MR) is 79.9 cm³/mol. The summed E-state index contributed by atoms with van der Waals surface area (Å²) in [5, 5.41) is 4.88. The highest BCUT2D eigenvalue weighted by Gasteiger charge is 2.31. The lowest BCUT2D eigenvalue weighted by Gasteiger charge is -2.27. The van der Waals surface area contributed by atoms with Crippen molar-refractivity contribution in [1.82, 2.24) is 9.62 Å². The molecule has 1 saturated carbocycles. The molecule has 1 aliphatic rings. The van der Waals surface area contributed by atoms with E-state index < -0.39 is 10.0 Å². The summed E-state index contributed by atoms with van der Waals surface area (Å²) in [4.78, 5) is 1.08. The Hall–Kier alpha value is -0.430. The summed E-state index contributed by atoms with van der Waals surface area (Å²) < 4.78 is 26.5. The molecule has 1 aromatic rings. The maximum atomic E-state index is 12.5. The summed E-state index contributed by atoms with van der Waals surface area (Å²) in [5.74, 6) is 0. The second-order valence-corrected chi connectivity index (χ2v) is 8.64. The Morgan fingerprint density at radius 1 is 1.47 bits per heavy atom. The average molecular weight is 302 g/mol. The van der Waals surface area contributed by atoms with Gasteiger partial charge in [0.25, 0.3) is 0 Å². The molecule has 1 N–H and O–H groups in total. The zero-order chi connectivity index (χ0) is 14.0. The molecule has 2 atom stereocenters. The molecule has 2 unspecified atom stereocenters. The van der Waals surface area contributed by atoms with Crippen molar-refractivity contribution in [2.75, 3.05) is 13.6 Å². The Morgan fingerprint density at radius 3 is 2.68 bits per heavy atom. The van der Waals surface area contributed by atoms with E-state index in [0.717, 1.165) is 4.88 Å². The molecule has 0 saturated heterocycles. The maximum absolute atomic E-state index is 12.5. The smallest absolute Gasteiger partial charge is 0.218 e. The summed E-state index contributed by atoms with van der Waals surface area (Å²) >= 11 is 1.59. The van der Waals surface area contributed by atoms with Crippen LogP contribution in [0.2, 0.25) is 0 Å². The van der Waals surface area contributed by atoms with E-state index in [2.05, 4.69) is 5.32 Å². The van der Waals surface area contributed by atoms with Crippen LogP contribution in [0.15, 0.2) is 17.5 Å². The molecule has 6 heteroatoms. The molecule has 4 nitrogen and oxygen atoms in total. The van der Waals surface area contributed by atoms with Crippen LogP contribution in [0.1, 0.15) is 37.6 Å². The van der Waals surface area contributed by atoms with Crippen molar-refractivity contribution in [1.29, 1.82) is 0 Å². The Morgan fingerprint density at radius 2 is 2.16 bits per heavy atom. The van der Waals surface area contributed by atoms with Gasteiger partial charge in [0.2, 0.25) is 10.0 Å². The standard InChI is InChI=1S/C13H22N2O2S2/c1-10(9-14-12-6-7-12)19(16,17)15(3)11(2)13-5-4-8-18-13/h4-5,8,10-12,14H,6-7,9H2,1-3H3. The highest BCUT2D eigenvalue weighted by atomic mass is 32.2. The van der Waals surface area contributed by atoms with Crippen molar-refractivity contribution in [2.24, 2.45) is 0 Å². The van der Waals surface area contributed by atoms with Gasteiger partial charge in [-0.15, -0.1) is 11.3 Å². The molecule has 2 rings (SSSR count). The molecule has 0 amide bonds. The van der Waals surface area contributed by atoms with Crippen molar-refractivity contribution in [3.8, 4) is 0 Å². The minimum absolute atomic E-state index is 0.103. The average Bonchev–Trinajstić information content (AvgIpc) is 3.05. The van der Waals surface area contributed by atoms with E-state index in [1.54, 1.807) is 25.3 Å². The molecule has 1 fully saturated rings. The number of hydrogen-bond donors (Lipinski definition) is 1. The van der Waals surface area contributed by atoms with Crippen LogP contribution in [0.5, 0.6) is 0 Å². The highest BCUT2D eigenvalue weighted by molar-refractivity contribution is 7.89. The van der Waals surface area contributed by atoms with Crippen molar-refractivity contribution < 1.29 is 8.42 Å². The van der Waals surface area contributed by atoms with Crippen LogP contribution < -0.4 is 5.32 Å². The number of thiophene rings is 1. The minimum atomic E-state index is -3.25. The summed E-state index contributed by atoms with van der Waals surface area (Å²) in [7, 11) is -1.58. The van der Waals surface area contributed by atoms with Crippen LogP contribution in [0.4, 0.5) is 0 Å². The normalized spacial score (nSPS) is 19.6. The fourth-order valence-corrected chi connectivity index (χ4v) is 4.26.